The maximum absolute atomic E-state index is 14.0. The minimum atomic E-state index is -0.473. The molecule has 0 heterocycles. The zero-order valence-corrected chi connectivity index (χ0v) is 22.6. The third-order valence-electron chi connectivity index (χ3n) is 7.31. The Labute approximate surface area is 217 Å². The van der Waals surface area contributed by atoms with Crippen molar-refractivity contribution in [2.75, 3.05) is 6.61 Å². The Morgan fingerprint density at radius 1 is 1.22 bits per heavy atom. The van der Waals surface area contributed by atoms with Crippen molar-refractivity contribution >= 4 is 11.8 Å². The maximum atomic E-state index is 14.0. The largest absolute Gasteiger partial charge is 0.488 e. The lowest BCUT2D eigenvalue weighted by atomic mass is 9.68. The highest BCUT2D eigenvalue weighted by Gasteiger charge is 2.40. The highest BCUT2D eigenvalue weighted by Crippen LogP contribution is 2.45. The van der Waals surface area contributed by atoms with E-state index in [-0.39, 0.29) is 42.0 Å². The van der Waals surface area contributed by atoms with E-state index in [0.29, 0.717) is 12.8 Å². The van der Waals surface area contributed by atoms with Crippen LogP contribution >= 0.6 is 0 Å². The summed E-state index contributed by atoms with van der Waals surface area (Å²) in [4.78, 5) is 26.4. The van der Waals surface area contributed by atoms with Crippen LogP contribution in [0.1, 0.15) is 78.2 Å². The summed E-state index contributed by atoms with van der Waals surface area (Å²) in [5, 5.41) is 0. The van der Waals surface area contributed by atoms with Gasteiger partial charge in [0.05, 0.1) is 18.3 Å². The van der Waals surface area contributed by atoms with Gasteiger partial charge in [-0.05, 0) is 68.2 Å². The molecule has 0 fully saturated rings. The van der Waals surface area contributed by atoms with Crippen molar-refractivity contribution in [2.24, 2.45) is 17.8 Å². The molecule has 36 heavy (non-hydrogen) atoms. The number of esters is 1. The number of benzene rings is 1. The Bertz CT molecular complexity index is 1040. The molecule has 0 spiro atoms. The topological polar surface area (TPSA) is 52.6 Å². The monoisotopic (exact) mass is 490 g/mol. The number of carbonyl (C=O) groups excluding carboxylic acids is 2. The molecular weight excluding hydrogens is 448 g/mol. The molecule has 1 aromatic carbocycles. The summed E-state index contributed by atoms with van der Waals surface area (Å²) in [6.45, 7) is 18.3. The first-order valence-electron chi connectivity index (χ1n) is 13.2. The van der Waals surface area contributed by atoms with Crippen LogP contribution in [0.4, 0.5) is 0 Å². The maximum Gasteiger partial charge on any atom is 0.306 e. The van der Waals surface area contributed by atoms with Crippen molar-refractivity contribution in [3.8, 4) is 0 Å². The molecule has 0 saturated heterocycles. The number of hydrogen-bond donors (Lipinski definition) is 0. The molecule has 4 heteroatoms. The molecule has 3 atom stereocenters. The van der Waals surface area contributed by atoms with Gasteiger partial charge < -0.3 is 9.47 Å². The Hall–Kier alpha value is -2.88. The van der Waals surface area contributed by atoms with E-state index < -0.39 is 5.60 Å². The molecule has 0 N–H and O–H groups in total. The van der Waals surface area contributed by atoms with Gasteiger partial charge in [0.1, 0.15) is 5.60 Å². The smallest absolute Gasteiger partial charge is 0.306 e. The first-order chi connectivity index (χ1) is 17.1. The van der Waals surface area contributed by atoms with Crippen LogP contribution in [-0.4, -0.2) is 24.0 Å². The Balaban J connectivity index is 1.86. The van der Waals surface area contributed by atoms with E-state index in [1.165, 1.54) is 0 Å². The lowest BCUT2D eigenvalue weighted by Gasteiger charge is -2.37. The average Bonchev–Trinajstić information content (AvgIpc) is 2.84. The van der Waals surface area contributed by atoms with Crippen molar-refractivity contribution in [3.05, 3.63) is 83.7 Å². The molecule has 0 bridgehead atoms. The van der Waals surface area contributed by atoms with Crippen LogP contribution in [0.2, 0.25) is 0 Å². The summed E-state index contributed by atoms with van der Waals surface area (Å²) in [7, 11) is 0. The molecule has 0 aliphatic heterocycles. The van der Waals surface area contributed by atoms with Gasteiger partial charge in [-0.1, -0.05) is 75.9 Å². The molecule has 0 saturated carbocycles. The normalized spacial score (nSPS) is 20.9. The standard InChI is InChI=1S/C32H42O4/c1-8-23-18-26-19-25(22(5)36-32(6,7)9-2)15-16-27(26)31(34)30(23)28(24-13-11-10-12-14-24)20-35-29(33)17-21(3)4/h9-14,18,21,25,28,30H,2,5,8,15-17,19-20H2,1,3-4,6-7H3. The second-order valence-corrected chi connectivity index (χ2v) is 11.0. The van der Waals surface area contributed by atoms with Gasteiger partial charge in [0.25, 0.3) is 0 Å². The summed E-state index contributed by atoms with van der Waals surface area (Å²) in [5.74, 6) is 0.592. The van der Waals surface area contributed by atoms with Gasteiger partial charge in [0, 0.05) is 18.3 Å². The highest BCUT2D eigenvalue weighted by atomic mass is 16.5. The van der Waals surface area contributed by atoms with Gasteiger partial charge in [-0.25, -0.2) is 0 Å². The van der Waals surface area contributed by atoms with Gasteiger partial charge in [-0.15, -0.1) is 0 Å². The average molecular weight is 491 g/mol. The summed E-state index contributed by atoms with van der Waals surface area (Å²) in [6.07, 6.45) is 7.44. The molecule has 3 unspecified atom stereocenters. The fourth-order valence-electron chi connectivity index (χ4n) is 5.23. The van der Waals surface area contributed by atoms with Crippen molar-refractivity contribution in [3.63, 3.8) is 0 Å². The molecule has 0 radical (unpaired) electrons. The van der Waals surface area contributed by atoms with Crippen LogP contribution in [0.3, 0.4) is 0 Å². The van der Waals surface area contributed by atoms with Gasteiger partial charge in [-0.2, -0.15) is 0 Å². The second-order valence-electron chi connectivity index (χ2n) is 11.0. The lowest BCUT2D eigenvalue weighted by Crippen LogP contribution is -2.34. The number of ether oxygens (including phenoxy) is 2. The number of Topliss-reactive ketones (excluding diaryl/α,β-unsaturated/α-hetero) is 1. The number of hydrogen-bond acceptors (Lipinski definition) is 4. The van der Waals surface area contributed by atoms with E-state index in [1.807, 2.05) is 58.0 Å². The fourth-order valence-corrected chi connectivity index (χ4v) is 5.23. The zero-order valence-electron chi connectivity index (χ0n) is 22.6. The summed E-state index contributed by atoms with van der Waals surface area (Å²) < 4.78 is 11.8. The Morgan fingerprint density at radius 3 is 2.53 bits per heavy atom. The van der Waals surface area contributed by atoms with E-state index in [9.17, 15) is 9.59 Å². The highest BCUT2D eigenvalue weighted by molar-refractivity contribution is 6.02. The Kier molecular flexibility index (Phi) is 9.16. The predicted molar refractivity (Wildman–Crippen MR) is 145 cm³/mol. The summed E-state index contributed by atoms with van der Waals surface area (Å²) >= 11 is 0. The van der Waals surface area contributed by atoms with Crippen molar-refractivity contribution in [1.29, 1.82) is 0 Å². The molecule has 194 valence electrons. The molecule has 4 nitrogen and oxygen atoms in total. The Morgan fingerprint density at radius 2 is 1.92 bits per heavy atom. The molecule has 3 rings (SSSR count). The molecular formula is C32H42O4. The van der Waals surface area contributed by atoms with Gasteiger partial charge in [-0.3, -0.25) is 9.59 Å². The van der Waals surface area contributed by atoms with Gasteiger partial charge in [0.15, 0.2) is 5.78 Å². The van der Waals surface area contributed by atoms with Crippen LogP contribution in [-0.2, 0) is 19.1 Å². The van der Waals surface area contributed by atoms with E-state index in [2.05, 4.69) is 26.2 Å². The van der Waals surface area contributed by atoms with Crippen LogP contribution in [0.5, 0.6) is 0 Å². The molecule has 1 aromatic rings. The van der Waals surface area contributed by atoms with Crippen molar-refractivity contribution in [1.82, 2.24) is 0 Å². The van der Waals surface area contributed by atoms with Crippen LogP contribution < -0.4 is 0 Å². The third-order valence-corrected chi connectivity index (χ3v) is 7.31. The van der Waals surface area contributed by atoms with Gasteiger partial charge in [0.2, 0.25) is 0 Å². The third kappa shape index (κ3) is 6.66. The van der Waals surface area contributed by atoms with Crippen LogP contribution in [0.15, 0.2) is 78.1 Å². The van der Waals surface area contributed by atoms with Gasteiger partial charge >= 0.3 is 5.97 Å². The quantitative estimate of drug-likeness (QED) is 0.183. The molecule has 0 aromatic heterocycles. The summed E-state index contributed by atoms with van der Waals surface area (Å²) in [6, 6.07) is 9.99. The summed E-state index contributed by atoms with van der Waals surface area (Å²) in [5.41, 5.74) is 3.68. The minimum absolute atomic E-state index is 0.170. The van der Waals surface area contributed by atoms with Crippen LogP contribution in [0, 0.1) is 17.8 Å². The lowest BCUT2D eigenvalue weighted by molar-refractivity contribution is -0.146. The van der Waals surface area contributed by atoms with E-state index in [4.69, 9.17) is 9.47 Å². The van der Waals surface area contributed by atoms with Crippen LogP contribution in [0.25, 0.3) is 0 Å². The fraction of sp³-hybridized carbons (Fsp3) is 0.500. The van der Waals surface area contributed by atoms with E-state index >= 15 is 0 Å². The second kappa shape index (κ2) is 11.9. The number of allylic oxidation sites excluding steroid dienone is 5. The first-order valence-corrected chi connectivity index (χ1v) is 13.2. The minimum Gasteiger partial charge on any atom is -0.488 e. The van der Waals surface area contributed by atoms with E-state index in [1.54, 1.807) is 6.08 Å². The number of ketones is 1. The predicted octanol–water partition coefficient (Wildman–Crippen LogP) is 7.49. The SMILES string of the molecule is C=CC(C)(C)OC(=C)C1CCC2=C(C=C(CC)C(C(COC(=O)CC(C)C)c3ccccc3)C2=O)C1. The number of carbonyl (C=O) groups is 2. The van der Waals surface area contributed by atoms with Crippen molar-refractivity contribution in [2.45, 2.75) is 78.2 Å². The zero-order chi connectivity index (χ0) is 26.5. The first kappa shape index (κ1) is 27.7. The number of rotatable bonds is 11. The molecule has 2 aliphatic carbocycles. The van der Waals surface area contributed by atoms with E-state index in [0.717, 1.165) is 47.3 Å². The molecule has 0 amide bonds. The van der Waals surface area contributed by atoms with Crippen molar-refractivity contribution < 1.29 is 19.1 Å². The molecule has 2 aliphatic rings.